The van der Waals surface area contributed by atoms with Crippen molar-refractivity contribution in [2.75, 3.05) is 5.32 Å². The minimum absolute atomic E-state index is 0.0550. The van der Waals surface area contributed by atoms with E-state index >= 15 is 0 Å². The maximum Gasteiger partial charge on any atom is 0.255 e. The third-order valence-electron chi connectivity index (χ3n) is 3.06. The number of nitrogens with one attached hydrogen (secondary N) is 1. The van der Waals surface area contributed by atoms with Gasteiger partial charge in [0.05, 0.1) is 22.4 Å². The highest BCUT2D eigenvalue weighted by molar-refractivity contribution is 6.32. The van der Waals surface area contributed by atoms with Crippen LogP contribution in [0.15, 0.2) is 54.7 Å². The van der Waals surface area contributed by atoms with Gasteiger partial charge in [0.15, 0.2) is 0 Å². The Morgan fingerprint density at radius 2 is 1.95 bits per heavy atom. The summed E-state index contributed by atoms with van der Waals surface area (Å²) in [6.07, 6.45) is 1.60. The summed E-state index contributed by atoms with van der Waals surface area (Å²) < 4.78 is 0. The van der Waals surface area contributed by atoms with Crippen LogP contribution in [-0.2, 0) is 0 Å². The van der Waals surface area contributed by atoms with E-state index < -0.39 is 0 Å². The van der Waals surface area contributed by atoms with Crippen molar-refractivity contribution in [3.8, 4) is 5.75 Å². The molecule has 0 aliphatic carbocycles. The summed E-state index contributed by atoms with van der Waals surface area (Å²) in [7, 11) is 0. The Labute approximate surface area is 126 Å². The SMILES string of the molecule is O=C(Nc1cnc2ccccc2c1)c1ccc(O)c(Cl)c1. The molecule has 1 amide bonds. The van der Waals surface area contributed by atoms with Crippen LogP contribution < -0.4 is 5.32 Å². The van der Waals surface area contributed by atoms with Crippen molar-refractivity contribution in [2.45, 2.75) is 0 Å². The van der Waals surface area contributed by atoms with Gasteiger partial charge in [-0.15, -0.1) is 0 Å². The minimum Gasteiger partial charge on any atom is -0.506 e. The second-order valence-electron chi connectivity index (χ2n) is 4.54. The van der Waals surface area contributed by atoms with Gasteiger partial charge in [0.2, 0.25) is 0 Å². The molecule has 4 nitrogen and oxygen atoms in total. The van der Waals surface area contributed by atoms with Gasteiger partial charge in [-0.25, -0.2) is 0 Å². The van der Waals surface area contributed by atoms with E-state index in [2.05, 4.69) is 10.3 Å². The lowest BCUT2D eigenvalue weighted by atomic mass is 10.2. The number of anilines is 1. The van der Waals surface area contributed by atoms with E-state index in [1.165, 1.54) is 18.2 Å². The monoisotopic (exact) mass is 298 g/mol. The molecule has 0 radical (unpaired) electrons. The first kappa shape index (κ1) is 13.4. The molecule has 0 aliphatic rings. The standard InChI is InChI=1S/C16H11ClN2O2/c17-13-8-11(5-6-15(13)20)16(21)19-12-7-10-3-1-2-4-14(10)18-9-12/h1-9,20H,(H,19,21). The number of nitrogens with zero attached hydrogens (tertiary/aromatic N) is 1. The lowest BCUT2D eigenvalue weighted by Crippen LogP contribution is -2.11. The first-order valence-electron chi connectivity index (χ1n) is 6.28. The molecular weight excluding hydrogens is 288 g/mol. The van der Waals surface area contributed by atoms with Gasteiger partial charge >= 0.3 is 0 Å². The van der Waals surface area contributed by atoms with E-state index in [1.807, 2.05) is 30.3 Å². The van der Waals surface area contributed by atoms with Crippen molar-refractivity contribution >= 4 is 34.1 Å². The third-order valence-corrected chi connectivity index (χ3v) is 3.36. The van der Waals surface area contributed by atoms with Crippen molar-refractivity contribution in [3.05, 3.63) is 65.3 Å². The number of aromatic nitrogens is 1. The van der Waals surface area contributed by atoms with Crippen molar-refractivity contribution in [1.29, 1.82) is 0 Å². The van der Waals surface area contributed by atoms with Gasteiger partial charge in [-0.3, -0.25) is 9.78 Å². The smallest absolute Gasteiger partial charge is 0.255 e. The highest BCUT2D eigenvalue weighted by Gasteiger charge is 2.09. The van der Waals surface area contributed by atoms with Gasteiger partial charge in [-0.2, -0.15) is 0 Å². The van der Waals surface area contributed by atoms with E-state index in [-0.39, 0.29) is 16.7 Å². The molecule has 2 aromatic carbocycles. The fraction of sp³-hybridized carbons (Fsp3) is 0. The number of carbonyl (C=O) groups is 1. The highest BCUT2D eigenvalue weighted by Crippen LogP contribution is 2.24. The summed E-state index contributed by atoms with van der Waals surface area (Å²) in [5.74, 6) is -0.366. The number of fused-ring (bicyclic) bond motifs is 1. The molecule has 2 N–H and O–H groups in total. The average molecular weight is 299 g/mol. The fourth-order valence-electron chi connectivity index (χ4n) is 1.99. The molecule has 0 saturated heterocycles. The Bertz CT molecular complexity index is 833. The zero-order valence-electron chi connectivity index (χ0n) is 10.9. The first-order chi connectivity index (χ1) is 10.1. The molecule has 0 aliphatic heterocycles. The number of phenolic OH excluding ortho intramolecular Hbond substituents is 1. The van der Waals surface area contributed by atoms with E-state index in [9.17, 15) is 9.90 Å². The van der Waals surface area contributed by atoms with Crippen LogP contribution in [-0.4, -0.2) is 16.0 Å². The molecule has 104 valence electrons. The summed E-state index contributed by atoms with van der Waals surface area (Å²) in [6.45, 7) is 0. The number of aromatic hydroxyl groups is 1. The largest absolute Gasteiger partial charge is 0.506 e. The fourth-order valence-corrected chi connectivity index (χ4v) is 2.17. The molecular formula is C16H11ClN2O2. The van der Waals surface area contributed by atoms with E-state index in [1.54, 1.807) is 6.20 Å². The summed E-state index contributed by atoms with van der Waals surface area (Å²) in [6, 6.07) is 13.8. The quantitative estimate of drug-likeness (QED) is 0.755. The van der Waals surface area contributed by atoms with Crippen LogP contribution in [0.2, 0.25) is 5.02 Å². The Kier molecular flexibility index (Phi) is 3.46. The number of halogens is 1. The van der Waals surface area contributed by atoms with Crippen LogP contribution in [0.1, 0.15) is 10.4 Å². The average Bonchev–Trinajstić information content (AvgIpc) is 2.50. The van der Waals surface area contributed by atoms with Gasteiger partial charge in [-0.1, -0.05) is 29.8 Å². The molecule has 21 heavy (non-hydrogen) atoms. The predicted molar refractivity (Wildman–Crippen MR) is 82.8 cm³/mol. The number of rotatable bonds is 2. The predicted octanol–water partition coefficient (Wildman–Crippen LogP) is 3.85. The second kappa shape index (κ2) is 5.42. The summed E-state index contributed by atoms with van der Waals surface area (Å²) in [4.78, 5) is 16.4. The minimum atomic E-state index is -0.311. The molecule has 0 saturated carbocycles. The second-order valence-corrected chi connectivity index (χ2v) is 4.94. The number of phenols is 1. The van der Waals surface area contributed by atoms with Gasteiger partial charge in [0, 0.05) is 10.9 Å². The van der Waals surface area contributed by atoms with Crippen molar-refractivity contribution in [2.24, 2.45) is 0 Å². The van der Waals surface area contributed by atoms with Crippen molar-refractivity contribution in [1.82, 2.24) is 4.98 Å². The summed E-state index contributed by atoms with van der Waals surface area (Å²) >= 11 is 5.80. The van der Waals surface area contributed by atoms with E-state index in [0.29, 0.717) is 11.3 Å². The van der Waals surface area contributed by atoms with Crippen molar-refractivity contribution in [3.63, 3.8) is 0 Å². The third kappa shape index (κ3) is 2.80. The van der Waals surface area contributed by atoms with Crippen LogP contribution in [0.5, 0.6) is 5.75 Å². The Morgan fingerprint density at radius 3 is 2.76 bits per heavy atom. The number of amides is 1. The number of hydrogen-bond donors (Lipinski definition) is 2. The molecule has 0 bridgehead atoms. The maximum atomic E-state index is 12.1. The van der Waals surface area contributed by atoms with Gasteiger partial charge in [-0.05, 0) is 30.3 Å². The molecule has 3 rings (SSSR count). The van der Waals surface area contributed by atoms with Crippen LogP contribution in [0.4, 0.5) is 5.69 Å². The van der Waals surface area contributed by atoms with Crippen LogP contribution in [0.3, 0.4) is 0 Å². The van der Waals surface area contributed by atoms with Gasteiger partial charge in [0.25, 0.3) is 5.91 Å². The lowest BCUT2D eigenvalue weighted by Gasteiger charge is -2.07. The molecule has 0 unspecified atom stereocenters. The number of hydrogen-bond acceptors (Lipinski definition) is 3. The highest BCUT2D eigenvalue weighted by atomic mass is 35.5. The molecule has 0 atom stereocenters. The van der Waals surface area contributed by atoms with E-state index in [4.69, 9.17) is 11.6 Å². The molecule has 1 aromatic heterocycles. The number of pyridine rings is 1. The van der Waals surface area contributed by atoms with Gasteiger partial charge in [0.1, 0.15) is 5.75 Å². The topological polar surface area (TPSA) is 62.2 Å². The van der Waals surface area contributed by atoms with Crippen LogP contribution >= 0.6 is 11.6 Å². The van der Waals surface area contributed by atoms with Crippen molar-refractivity contribution < 1.29 is 9.90 Å². The maximum absolute atomic E-state index is 12.1. The first-order valence-corrected chi connectivity index (χ1v) is 6.66. The zero-order chi connectivity index (χ0) is 14.8. The summed E-state index contributed by atoms with van der Waals surface area (Å²) in [5, 5.41) is 13.2. The molecule has 0 spiro atoms. The zero-order valence-corrected chi connectivity index (χ0v) is 11.6. The Morgan fingerprint density at radius 1 is 1.14 bits per heavy atom. The lowest BCUT2D eigenvalue weighted by molar-refractivity contribution is 0.102. The normalized spacial score (nSPS) is 10.5. The molecule has 0 fully saturated rings. The number of para-hydroxylation sites is 1. The number of benzene rings is 2. The van der Waals surface area contributed by atoms with Crippen LogP contribution in [0.25, 0.3) is 10.9 Å². The van der Waals surface area contributed by atoms with Gasteiger partial charge < -0.3 is 10.4 Å². The summed E-state index contributed by atoms with van der Waals surface area (Å²) in [5.41, 5.74) is 1.83. The Balaban J connectivity index is 1.87. The molecule has 3 aromatic rings. The van der Waals surface area contributed by atoms with E-state index in [0.717, 1.165) is 10.9 Å². The Hall–Kier alpha value is -2.59. The molecule has 1 heterocycles. The van der Waals surface area contributed by atoms with Crippen LogP contribution in [0, 0.1) is 0 Å². The molecule has 5 heteroatoms. The number of carbonyl (C=O) groups excluding carboxylic acids is 1.